The van der Waals surface area contributed by atoms with Crippen LogP contribution < -0.4 is 0 Å². The number of carbonyl (C=O) groups is 1. The van der Waals surface area contributed by atoms with E-state index in [0.717, 1.165) is 11.1 Å². The molecule has 16 heavy (non-hydrogen) atoms. The smallest absolute Gasteiger partial charge is 0.356 e. The molecule has 0 spiro atoms. The fourth-order valence-electron chi connectivity index (χ4n) is 1.50. The van der Waals surface area contributed by atoms with Crippen LogP contribution in [0.2, 0.25) is 0 Å². The van der Waals surface area contributed by atoms with Gasteiger partial charge in [-0.2, -0.15) is 5.10 Å². The molecule has 2 aromatic rings. The second-order valence-electron chi connectivity index (χ2n) is 3.52. The first-order chi connectivity index (χ1) is 7.72. The zero-order valence-corrected chi connectivity index (χ0v) is 9.15. The number of carbonyl (C=O) groups excluding carboxylic acids is 1. The molecule has 0 saturated heterocycles. The summed E-state index contributed by atoms with van der Waals surface area (Å²) in [6, 6.07) is 7.88. The van der Waals surface area contributed by atoms with Crippen LogP contribution in [0.3, 0.4) is 0 Å². The Labute approximate surface area is 93.3 Å². The lowest BCUT2D eigenvalue weighted by Gasteiger charge is -2.01. The molecule has 0 saturated carbocycles. The standard InChI is InChI=1S/C12H12N2O2/c1-8-3-5-9(6-4-8)10-7-13-14-11(10)12(15)16-2/h3-7H,1-2H3,(H,13,14). The minimum absolute atomic E-state index is 0.381. The van der Waals surface area contributed by atoms with Gasteiger partial charge in [0.05, 0.1) is 13.3 Å². The molecule has 0 fully saturated rings. The predicted octanol–water partition coefficient (Wildman–Crippen LogP) is 2.17. The van der Waals surface area contributed by atoms with E-state index in [-0.39, 0.29) is 0 Å². The van der Waals surface area contributed by atoms with Crippen molar-refractivity contribution in [2.45, 2.75) is 6.92 Å². The highest BCUT2D eigenvalue weighted by Gasteiger charge is 2.15. The average molecular weight is 216 g/mol. The van der Waals surface area contributed by atoms with Crippen LogP contribution in [0.5, 0.6) is 0 Å². The molecule has 0 atom stereocenters. The maximum Gasteiger partial charge on any atom is 0.356 e. The Balaban J connectivity index is 2.44. The van der Waals surface area contributed by atoms with E-state index in [1.165, 1.54) is 12.7 Å². The molecule has 0 aliphatic rings. The number of nitrogens with one attached hydrogen (secondary N) is 1. The molecule has 4 heteroatoms. The van der Waals surface area contributed by atoms with Crippen molar-refractivity contribution in [3.8, 4) is 11.1 Å². The molecule has 0 radical (unpaired) electrons. The van der Waals surface area contributed by atoms with Crippen molar-refractivity contribution in [3.63, 3.8) is 0 Å². The first-order valence-electron chi connectivity index (χ1n) is 4.91. The lowest BCUT2D eigenvalue weighted by molar-refractivity contribution is 0.0595. The maximum atomic E-state index is 11.4. The molecule has 0 amide bonds. The minimum atomic E-state index is -0.409. The minimum Gasteiger partial charge on any atom is -0.464 e. The number of benzene rings is 1. The number of esters is 1. The molecule has 2 rings (SSSR count). The predicted molar refractivity (Wildman–Crippen MR) is 60.1 cm³/mol. The number of rotatable bonds is 2. The fraction of sp³-hybridized carbons (Fsp3) is 0.167. The van der Waals surface area contributed by atoms with Crippen molar-refractivity contribution in [2.75, 3.05) is 7.11 Å². The number of methoxy groups -OCH3 is 1. The first kappa shape index (κ1) is 10.4. The summed E-state index contributed by atoms with van der Waals surface area (Å²) in [6.07, 6.45) is 1.62. The molecule has 0 aliphatic carbocycles. The topological polar surface area (TPSA) is 55.0 Å². The summed E-state index contributed by atoms with van der Waals surface area (Å²) in [7, 11) is 1.35. The zero-order valence-electron chi connectivity index (χ0n) is 9.15. The molecular weight excluding hydrogens is 204 g/mol. The lowest BCUT2D eigenvalue weighted by atomic mass is 10.1. The van der Waals surface area contributed by atoms with Gasteiger partial charge in [-0.25, -0.2) is 4.79 Å². The third-order valence-electron chi connectivity index (χ3n) is 2.39. The highest BCUT2D eigenvalue weighted by atomic mass is 16.5. The normalized spacial score (nSPS) is 10.1. The van der Waals surface area contributed by atoms with Crippen molar-refractivity contribution >= 4 is 5.97 Å². The van der Waals surface area contributed by atoms with Crippen molar-refractivity contribution in [1.82, 2.24) is 10.2 Å². The van der Waals surface area contributed by atoms with Crippen LogP contribution in [-0.4, -0.2) is 23.3 Å². The fourth-order valence-corrected chi connectivity index (χ4v) is 1.50. The van der Waals surface area contributed by atoms with Gasteiger partial charge < -0.3 is 4.74 Å². The van der Waals surface area contributed by atoms with Gasteiger partial charge in [-0.05, 0) is 12.5 Å². The Bertz CT molecular complexity index is 500. The Morgan fingerprint density at radius 2 is 2.00 bits per heavy atom. The van der Waals surface area contributed by atoms with Gasteiger partial charge >= 0.3 is 5.97 Å². The monoisotopic (exact) mass is 216 g/mol. The van der Waals surface area contributed by atoms with E-state index in [1.807, 2.05) is 31.2 Å². The molecule has 4 nitrogen and oxygen atoms in total. The SMILES string of the molecule is COC(=O)c1[nH]ncc1-c1ccc(C)cc1. The number of ether oxygens (including phenoxy) is 1. The summed E-state index contributed by atoms with van der Waals surface area (Å²) in [4.78, 5) is 11.4. The molecule has 1 aromatic carbocycles. The Kier molecular flexibility index (Phi) is 2.72. The van der Waals surface area contributed by atoms with Gasteiger partial charge in [-0.15, -0.1) is 0 Å². The summed E-state index contributed by atoms with van der Waals surface area (Å²) in [5.74, 6) is -0.409. The summed E-state index contributed by atoms with van der Waals surface area (Å²) in [6.45, 7) is 2.01. The van der Waals surface area contributed by atoms with Crippen molar-refractivity contribution < 1.29 is 9.53 Å². The number of aromatic amines is 1. The van der Waals surface area contributed by atoms with E-state index in [2.05, 4.69) is 14.9 Å². The summed E-state index contributed by atoms with van der Waals surface area (Å²) < 4.78 is 4.67. The third-order valence-corrected chi connectivity index (χ3v) is 2.39. The van der Waals surface area contributed by atoms with E-state index in [9.17, 15) is 4.79 Å². The zero-order chi connectivity index (χ0) is 11.5. The van der Waals surface area contributed by atoms with Crippen LogP contribution in [0.1, 0.15) is 16.1 Å². The van der Waals surface area contributed by atoms with Gasteiger partial charge in [0, 0.05) is 5.56 Å². The van der Waals surface area contributed by atoms with Crippen LogP contribution in [0.15, 0.2) is 30.5 Å². The molecule has 1 N–H and O–H groups in total. The summed E-state index contributed by atoms with van der Waals surface area (Å²) in [5.41, 5.74) is 3.25. The molecule has 82 valence electrons. The number of aromatic nitrogens is 2. The van der Waals surface area contributed by atoms with Crippen LogP contribution in [-0.2, 0) is 4.74 Å². The second kappa shape index (κ2) is 4.18. The van der Waals surface area contributed by atoms with E-state index in [4.69, 9.17) is 0 Å². The second-order valence-corrected chi connectivity index (χ2v) is 3.52. The van der Waals surface area contributed by atoms with E-state index in [1.54, 1.807) is 6.20 Å². The quantitative estimate of drug-likeness (QED) is 0.783. The molecular formula is C12H12N2O2. The van der Waals surface area contributed by atoms with Gasteiger partial charge in [0.15, 0.2) is 5.69 Å². The van der Waals surface area contributed by atoms with Crippen molar-refractivity contribution in [1.29, 1.82) is 0 Å². The van der Waals surface area contributed by atoms with Gasteiger partial charge in [0.1, 0.15) is 0 Å². The number of hydrogen-bond acceptors (Lipinski definition) is 3. The highest BCUT2D eigenvalue weighted by molar-refractivity contribution is 5.94. The molecule has 1 aromatic heterocycles. The Hall–Kier alpha value is -2.10. The number of H-pyrrole nitrogens is 1. The van der Waals surface area contributed by atoms with Crippen molar-refractivity contribution in [2.24, 2.45) is 0 Å². The van der Waals surface area contributed by atoms with Gasteiger partial charge in [-0.3, -0.25) is 5.10 Å². The van der Waals surface area contributed by atoms with E-state index >= 15 is 0 Å². The van der Waals surface area contributed by atoms with Gasteiger partial charge in [0.2, 0.25) is 0 Å². The van der Waals surface area contributed by atoms with E-state index in [0.29, 0.717) is 5.69 Å². The molecule has 1 heterocycles. The average Bonchev–Trinajstić information content (AvgIpc) is 2.78. The number of nitrogens with zero attached hydrogens (tertiary/aromatic N) is 1. The highest BCUT2D eigenvalue weighted by Crippen LogP contribution is 2.22. The van der Waals surface area contributed by atoms with Crippen LogP contribution in [0, 0.1) is 6.92 Å². The molecule has 0 unspecified atom stereocenters. The van der Waals surface area contributed by atoms with Crippen LogP contribution >= 0.6 is 0 Å². The Morgan fingerprint density at radius 3 is 2.62 bits per heavy atom. The van der Waals surface area contributed by atoms with E-state index < -0.39 is 5.97 Å². The van der Waals surface area contributed by atoms with Crippen LogP contribution in [0.25, 0.3) is 11.1 Å². The van der Waals surface area contributed by atoms with Crippen LogP contribution in [0.4, 0.5) is 0 Å². The first-order valence-corrected chi connectivity index (χ1v) is 4.91. The summed E-state index contributed by atoms with van der Waals surface area (Å²) >= 11 is 0. The Morgan fingerprint density at radius 1 is 1.31 bits per heavy atom. The van der Waals surface area contributed by atoms with Gasteiger partial charge in [-0.1, -0.05) is 29.8 Å². The van der Waals surface area contributed by atoms with Gasteiger partial charge in [0.25, 0.3) is 0 Å². The molecule has 0 aliphatic heterocycles. The number of aryl methyl sites for hydroxylation is 1. The third kappa shape index (κ3) is 1.82. The largest absolute Gasteiger partial charge is 0.464 e. The maximum absolute atomic E-state index is 11.4. The molecule has 0 bridgehead atoms. The lowest BCUT2D eigenvalue weighted by Crippen LogP contribution is -2.03. The summed E-state index contributed by atoms with van der Waals surface area (Å²) in [5, 5.41) is 6.51. The number of hydrogen-bond donors (Lipinski definition) is 1. The van der Waals surface area contributed by atoms with Crippen molar-refractivity contribution in [3.05, 3.63) is 41.7 Å².